The molecule has 0 bridgehead atoms. The van der Waals surface area contributed by atoms with E-state index in [1.807, 2.05) is 6.07 Å². The number of fused-ring (bicyclic) bond motifs is 1. The number of rotatable bonds is 6. The number of methoxy groups -OCH3 is 1. The van der Waals surface area contributed by atoms with Crippen molar-refractivity contribution in [3.05, 3.63) is 53.7 Å². The lowest BCUT2D eigenvalue weighted by Crippen LogP contribution is -2.39. The van der Waals surface area contributed by atoms with Crippen molar-refractivity contribution in [3.63, 3.8) is 0 Å². The van der Waals surface area contributed by atoms with Crippen molar-refractivity contribution in [2.24, 2.45) is 0 Å². The van der Waals surface area contributed by atoms with Gasteiger partial charge in [-0.15, -0.1) is 0 Å². The summed E-state index contributed by atoms with van der Waals surface area (Å²) in [7, 11) is 3.87. The Morgan fingerprint density at radius 3 is 2.69 bits per heavy atom. The Balaban J connectivity index is 1.62. The Morgan fingerprint density at radius 2 is 1.93 bits per heavy atom. The first-order chi connectivity index (χ1) is 14.2. The second kappa shape index (κ2) is 8.91. The highest BCUT2D eigenvalue weighted by Crippen LogP contribution is 2.35. The average Bonchev–Trinajstić information content (AvgIpc) is 2.75. The van der Waals surface area contributed by atoms with Crippen molar-refractivity contribution < 1.29 is 4.74 Å². The lowest BCUT2D eigenvalue weighted by molar-refractivity contribution is 0.219. The van der Waals surface area contributed by atoms with Gasteiger partial charge in [-0.1, -0.05) is 19.1 Å². The van der Waals surface area contributed by atoms with E-state index < -0.39 is 0 Å². The van der Waals surface area contributed by atoms with E-state index in [2.05, 4.69) is 71.7 Å². The molecule has 0 atom stereocenters. The van der Waals surface area contributed by atoms with Crippen LogP contribution in [0.1, 0.15) is 37.3 Å². The molecule has 4 nitrogen and oxygen atoms in total. The fourth-order valence-electron chi connectivity index (χ4n) is 4.46. The topological polar surface area (TPSA) is 27.7 Å². The molecule has 0 unspecified atom stereocenters. The van der Waals surface area contributed by atoms with E-state index in [1.54, 1.807) is 7.11 Å². The minimum atomic E-state index is 0.545. The standard InChI is InChI=1S/C25H33N3O/c1-4-11-28-13-9-22(10-14-28)26-25-17-21(19-6-5-7-23(16-19)29-3)15-20-8-12-27(2)18-24(20)25/h5-8,12,15-17,22,26H,4,9-11,13-14,18H2,1-3H3. The minimum Gasteiger partial charge on any atom is -0.497 e. The number of benzene rings is 2. The maximum absolute atomic E-state index is 5.44. The van der Waals surface area contributed by atoms with Gasteiger partial charge in [0.2, 0.25) is 0 Å². The highest BCUT2D eigenvalue weighted by Gasteiger charge is 2.21. The fraction of sp³-hybridized carbons (Fsp3) is 0.440. The summed E-state index contributed by atoms with van der Waals surface area (Å²) in [5.41, 5.74) is 6.43. The molecule has 0 radical (unpaired) electrons. The second-order valence-electron chi connectivity index (χ2n) is 8.31. The van der Waals surface area contributed by atoms with Gasteiger partial charge < -0.3 is 19.9 Å². The zero-order valence-corrected chi connectivity index (χ0v) is 17.9. The largest absolute Gasteiger partial charge is 0.497 e. The van der Waals surface area contributed by atoms with Crippen LogP contribution in [0.2, 0.25) is 0 Å². The quantitative estimate of drug-likeness (QED) is 0.744. The molecule has 2 aliphatic heterocycles. The van der Waals surface area contributed by atoms with Crippen LogP contribution in [0.15, 0.2) is 42.6 Å². The van der Waals surface area contributed by atoms with Crippen molar-refractivity contribution in [3.8, 4) is 16.9 Å². The summed E-state index contributed by atoms with van der Waals surface area (Å²) in [5.74, 6) is 0.897. The zero-order chi connectivity index (χ0) is 20.2. The first-order valence-electron chi connectivity index (χ1n) is 10.8. The average molecular weight is 392 g/mol. The third-order valence-electron chi connectivity index (χ3n) is 6.09. The van der Waals surface area contributed by atoms with Gasteiger partial charge in [-0.25, -0.2) is 0 Å². The van der Waals surface area contributed by atoms with Crippen LogP contribution >= 0.6 is 0 Å². The fourth-order valence-corrected chi connectivity index (χ4v) is 4.46. The molecule has 1 saturated heterocycles. The first-order valence-corrected chi connectivity index (χ1v) is 10.8. The highest BCUT2D eigenvalue weighted by atomic mass is 16.5. The third kappa shape index (κ3) is 4.59. The maximum Gasteiger partial charge on any atom is 0.119 e. The summed E-state index contributed by atoms with van der Waals surface area (Å²) in [5, 5.41) is 3.91. The molecule has 0 aromatic heterocycles. The molecule has 4 heteroatoms. The van der Waals surface area contributed by atoms with Crippen molar-refractivity contribution in [1.82, 2.24) is 9.80 Å². The summed E-state index contributed by atoms with van der Waals surface area (Å²) in [6.07, 6.45) is 8.07. The van der Waals surface area contributed by atoms with Crippen LogP contribution in [-0.2, 0) is 6.54 Å². The van der Waals surface area contributed by atoms with E-state index in [9.17, 15) is 0 Å². The lowest BCUT2D eigenvalue weighted by atomic mass is 9.94. The van der Waals surface area contributed by atoms with Crippen molar-refractivity contribution in [2.75, 3.05) is 39.1 Å². The number of hydrogen-bond acceptors (Lipinski definition) is 4. The molecule has 2 heterocycles. The summed E-state index contributed by atoms with van der Waals surface area (Å²) in [4.78, 5) is 4.85. The van der Waals surface area contributed by atoms with Gasteiger partial charge in [0.1, 0.15) is 5.75 Å². The van der Waals surface area contributed by atoms with E-state index in [-0.39, 0.29) is 0 Å². The van der Waals surface area contributed by atoms with Gasteiger partial charge >= 0.3 is 0 Å². The number of nitrogens with zero attached hydrogens (tertiary/aromatic N) is 2. The predicted octanol–water partition coefficient (Wildman–Crippen LogP) is 5.06. The third-order valence-corrected chi connectivity index (χ3v) is 6.09. The minimum absolute atomic E-state index is 0.545. The van der Waals surface area contributed by atoms with Crippen molar-refractivity contribution in [1.29, 1.82) is 0 Å². The molecule has 0 amide bonds. The summed E-state index contributed by atoms with van der Waals surface area (Å²) in [6.45, 7) is 6.83. The second-order valence-corrected chi connectivity index (χ2v) is 8.31. The SMILES string of the molecule is CCCN1CCC(Nc2cc(-c3cccc(OC)c3)cc3c2CN(C)C=C3)CC1. The van der Waals surface area contributed by atoms with Gasteiger partial charge in [0, 0.05) is 44.0 Å². The number of ether oxygens (including phenoxy) is 1. The van der Waals surface area contributed by atoms with Gasteiger partial charge in [0.25, 0.3) is 0 Å². The van der Waals surface area contributed by atoms with Gasteiger partial charge in [0.05, 0.1) is 7.11 Å². The molecule has 1 fully saturated rings. The Kier molecular flexibility index (Phi) is 6.10. The van der Waals surface area contributed by atoms with Crippen LogP contribution in [-0.4, -0.2) is 49.6 Å². The van der Waals surface area contributed by atoms with Crippen LogP contribution in [0.25, 0.3) is 17.2 Å². The molecule has 4 rings (SSSR count). The van der Waals surface area contributed by atoms with Crippen LogP contribution < -0.4 is 10.1 Å². The first kappa shape index (κ1) is 19.8. The molecule has 2 aromatic carbocycles. The Hall–Kier alpha value is -2.46. The van der Waals surface area contributed by atoms with E-state index >= 15 is 0 Å². The number of anilines is 1. The Morgan fingerprint density at radius 1 is 1.10 bits per heavy atom. The van der Waals surface area contributed by atoms with Crippen LogP contribution in [0.4, 0.5) is 5.69 Å². The molecule has 1 N–H and O–H groups in total. The maximum atomic E-state index is 5.44. The van der Waals surface area contributed by atoms with Crippen LogP contribution in [0, 0.1) is 0 Å². The molecular formula is C25H33N3O. The normalized spacial score (nSPS) is 17.3. The molecule has 0 saturated carbocycles. The molecular weight excluding hydrogens is 358 g/mol. The number of piperidine rings is 1. The van der Waals surface area contributed by atoms with Gasteiger partial charge in [-0.3, -0.25) is 0 Å². The van der Waals surface area contributed by atoms with E-state index in [0.29, 0.717) is 6.04 Å². The van der Waals surface area contributed by atoms with Crippen molar-refractivity contribution >= 4 is 11.8 Å². The summed E-state index contributed by atoms with van der Waals surface area (Å²) < 4.78 is 5.44. The zero-order valence-electron chi connectivity index (χ0n) is 17.9. The molecule has 29 heavy (non-hydrogen) atoms. The molecule has 2 aromatic rings. The summed E-state index contributed by atoms with van der Waals surface area (Å²) >= 11 is 0. The van der Waals surface area contributed by atoms with Gasteiger partial charge in [0.15, 0.2) is 0 Å². The molecule has 154 valence electrons. The van der Waals surface area contributed by atoms with Gasteiger partial charge in [-0.2, -0.15) is 0 Å². The monoisotopic (exact) mass is 391 g/mol. The summed E-state index contributed by atoms with van der Waals surface area (Å²) in [6, 6.07) is 13.5. The molecule has 0 aliphatic carbocycles. The molecule has 0 spiro atoms. The van der Waals surface area contributed by atoms with Crippen molar-refractivity contribution in [2.45, 2.75) is 38.8 Å². The van der Waals surface area contributed by atoms with E-state index in [4.69, 9.17) is 4.74 Å². The van der Waals surface area contributed by atoms with Crippen LogP contribution in [0.5, 0.6) is 5.75 Å². The highest BCUT2D eigenvalue weighted by molar-refractivity contribution is 5.77. The lowest BCUT2D eigenvalue weighted by Gasteiger charge is -2.34. The Bertz CT molecular complexity index is 868. The Labute approximate surface area is 175 Å². The number of nitrogens with one attached hydrogen (secondary N) is 1. The van der Waals surface area contributed by atoms with E-state index in [1.165, 1.54) is 66.8 Å². The number of hydrogen-bond donors (Lipinski definition) is 1. The van der Waals surface area contributed by atoms with Gasteiger partial charge in [-0.05, 0) is 79.0 Å². The predicted molar refractivity (Wildman–Crippen MR) is 122 cm³/mol. The smallest absolute Gasteiger partial charge is 0.119 e. The number of likely N-dealkylation sites (tertiary alicyclic amines) is 1. The van der Waals surface area contributed by atoms with Crippen LogP contribution in [0.3, 0.4) is 0 Å². The molecule has 2 aliphatic rings. The van der Waals surface area contributed by atoms with E-state index in [0.717, 1.165) is 12.3 Å².